The minimum atomic E-state index is -4.76. The van der Waals surface area contributed by atoms with Gasteiger partial charge in [-0.05, 0) is 12.8 Å². The van der Waals surface area contributed by atoms with Crippen molar-refractivity contribution in [1.29, 1.82) is 0 Å². The number of carbonyl (C=O) groups excluding carboxylic acids is 2. The van der Waals surface area contributed by atoms with E-state index >= 15 is 0 Å². The third-order valence-electron chi connectivity index (χ3n) is 2.15. The quantitative estimate of drug-likeness (QED) is 0.471. The van der Waals surface area contributed by atoms with Gasteiger partial charge in [-0.25, -0.2) is 4.79 Å². The molecule has 0 fully saturated rings. The molecule has 112 valence electrons. The Morgan fingerprint density at radius 3 is 2.42 bits per heavy atom. The lowest BCUT2D eigenvalue weighted by Gasteiger charge is -2.15. The van der Waals surface area contributed by atoms with E-state index in [9.17, 15) is 22.8 Å². The molecule has 9 heteroatoms. The number of unbranched alkanes of at least 4 members (excludes halogenated alkanes) is 1. The topological polar surface area (TPSA) is 87.7 Å². The Kier molecular flexibility index (Phi) is 7.89. The van der Waals surface area contributed by atoms with Crippen LogP contribution in [0.4, 0.5) is 18.0 Å². The summed E-state index contributed by atoms with van der Waals surface area (Å²) >= 11 is 0. The maximum Gasteiger partial charge on any atom is 0.416 e. The predicted octanol–water partition coefficient (Wildman–Crippen LogP) is 0.552. The van der Waals surface area contributed by atoms with Crippen LogP contribution in [-0.2, 0) is 9.53 Å². The van der Waals surface area contributed by atoms with Crippen molar-refractivity contribution in [3.05, 3.63) is 0 Å². The molecule has 0 saturated carbocycles. The van der Waals surface area contributed by atoms with Gasteiger partial charge in [-0.3, -0.25) is 4.79 Å². The number of aliphatic hydroxyl groups excluding tert-OH is 1. The van der Waals surface area contributed by atoms with Gasteiger partial charge in [-0.15, -0.1) is 0 Å². The molecule has 3 N–H and O–H groups in total. The van der Waals surface area contributed by atoms with Crippen LogP contribution in [0, 0.1) is 0 Å². The second-order valence-electron chi connectivity index (χ2n) is 3.73. The molecule has 0 aromatic carbocycles. The number of halogens is 3. The number of hydrogen-bond donors (Lipinski definition) is 3. The summed E-state index contributed by atoms with van der Waals surface area (Å²) in [6, 6.07) is -0.804. The fourth-order valence-electron chi connectivity index (χ4n) is 1.07. The van der Waals surface area contributed by atoms with Crippen molar-refractivity contribution in [2.24, 2.45) is 0 Å². The molecule has 19 heavy (non-hydrogen) atoms. The molecular formula is C10H17F3N2O4. The van der Waals surface area contributed by atoms with Crippen molar-refractivity contribution in [2.75, 3.05) is 20.2 Å². The maximum atomic E-state index is 11.9. The number of rotatable bonds is 7. The molecule has 0 aliphatic carbocycles. The summed E-state index contributed by atoms with van der Waals surface area (Å²) in [6.45, 7) is -0.692. The summed E-state index contributed by atoms with van der Waals surface area (Å²) in [5.74, 6) is -0.363. The van der Waals surface area contributed by atoms with Gasteiger partial charge in [0.15, 0.2) is 6.10 Å². The third-order valence-corrected chi connectivity index (χ3v) is 2.15. The van der Waals surface area contributed by atoms with E-state index in [4.69, 9.17) is 5.11 Å². The highest BCUT2D eigenvalue weighted by molar-refractivity contribution is 5.73. The van der Waals surface area contributed by atoms with Crippen LogP contribution in [0.5, 0.6) is 0 Å². The number of urea groups is 1. The molecule has 0 aliphatic rings. The van der Waals surface area contributed by atoms with Crippen LogP contribution in [0.2, 0.25) is 0 Å². The monoisotopic (exact) mass is 286 g/mol. The third kappa shape index (κ3) is 9.11. The summed E-state index contributed by atoms with van der Waals surface area (Å²) in [6.07, 6.45) is -6.14. The van der Waals surface area contributed by atoms with Crippen molar-refractivity contribution >= 4 is 12.0 Å². The highest BCUT2D eigenvalue weighted by Crippen LogP contribution is 2.18. The number of amides is 2. The molecule has 0 saturated heterocycles. The van der Waals surface area contributed by atoms with Gasteiger partial charge in [0, 0.05) is 13.0 Å². The Morgan fingerprint density at radius 2 is 1.89 bits per heavy atom. The number of ether oxygens (including phenoxy) is 1. The van der Waals surface area contributed by atoms with Gasteiger partial charge in [0.05, 0.1) is 13.7 Å². The highest BCUT2D eigenvalue weighted by atomic mass is 19.4. The molecule has 0 aliphatic heterocycles. The number of methoxy groups -OCH3 is 1. The Labute approximate surface area is 108 Å². The van der Waals surface area contributed by atoms with Crippen LogP contribution in [-0.4, -0.2) is 49.6 Å². The van der Waals surface area contributed by atoms with Crippen LogP contribution in [0.25, 0.3) is 0 Å². The van der Waals surface area contributed by atoms with Crippen molar-refractivity contribution in [3.63, 3.8) is 0 Å². The fraction of sp³-hybridized carbons (Fsp3) is 0.800. The Morgan fingerprint density at radius 1 is 1.26 bits per heavy atom. The summed E-state index contributed by atoms with van der Waals surface area (Å²) in [7, 11) is 1.26. The molecule has 0 spiro atoms. The maximum absolute atomic E-state index is 11.9. The van der Waals surface area contributed by atoms with E-state index in [1.54, 1.807) is 0 Å². The lowest BCUT2D eigenvalue weighted by atomic mass is 10.2. The molecule has 0 rings (SSSR count). The largest absolute Gasteiger partial charge is 0.469 e. The average molecular weight is 286 g/mol. The first-order chi connectivity index (χ1) is 8.77. The van der Waals surface area contributed by atoms with Gasteiger partial charge >= 0.3 is 18.2 Å². The molecule has 0 heterocycles. The molecule has 1 atom stereocenters. The number of hydrogen-bond acceptors (Lipinski definition) is 4. The molecular weight excluding hydrogens is 269 g/mol. The van der Waals surface area contributed by atoms with Crippen LogP contribution in [0.3, 0.4) is 0 Å². The van der Waals surface area contributed by atoms with Gasteiger partial charge in [0.1, 0.15) is 0 Å². The smallest absolute Gasteiger partial charge is 0.416 e. The van der Waals surface area contributed by atoms with E-state index < -0.39 is 24.9 Å². The lowest BCUT2D eigenvalue weighted by molar-refractivity contribution is -0.201. The van der Waals surface area contributed by atoms with Crippen LogP contribution >= 0.6 is 0 Å². The Bertz CT molecular complexity index is 297. The van der Waals surface area contributed by atoms with E-state index in [0.29, 0.717) is 12.8 Å². The first-order valence-electron chi connectivity index (χ1n) is 5.60. The minimum absolute atomic E-state index is 0.213. The normalized spacial score (nSPS) is 12.7. The zero-order valence-corrected chi connectivity index (χ0v) is 10.4. The van der Waals surface area contributed by atoms with Gasteiger partial charge in [-0.1, -0.05) is 0 Å². The Balaban J connectivity index is 3.58. The van der Waals surface area contributed by atoms with Gasteiger partial charge in [-0.2, -0.15) is 13.2 Å². The molecule has 2 amide bonds. The second-order valence-corrected chi connectivity index (χ2v) is 3.73. The van der Waals surface area contributed by atoms with Crippen molar-refractivity contribution in [3.8, 4) is 0 Å². The first-order valence-corrected chi connectivity index (χ1v) is 5.60. The van der Waals surface area contributed by atoms with Gasteiger partial charge in [0.25, 0.3) is 0 Å². The Hall–Kier alpha value is -1.51. The molecule has 6 nitrogen and oxygen atoms in total. The van der Waals surface area contributed by atoms with E-state index in [1.165, 1.54) is 7.11 Å². The molecule has 1 unspecified atom stereocenters. The molecule has 0 aromatic rings. The van der Waals surface area contributed by atoms with Crippen molar-refractivity contribution in [1.82, 2.24) is 10.6 Å². The predicted molar refractivity (Wildman–Crippen MR) is 59.3 cm³/mol. The minimum Gasteiger partial charge on any atom is -0.469 e. The van der Waals surface area contributed by atoms with Crippen LogP contribution in [0.15, 0.2) is 0 Å². The van der Waals surface area contributed by atoms with Gasteiger partial charge in [0.2, 0.25) is 0 Å². The fourth-order valence-corrected chi connectivity index (χ4v) is 1.07. The average Bonchev–Trinajstić information content (AvgIpc) is 2.33. The SMILES string of the molecule is COC(=O)CCCCNC(=O)NCC(O)C(F)(F)F. The van der Waals surface area contributed by atoms with Crippen LogP contribution < -0.4 is 10.6 Å². The zero-order chi connectivity index (χ0) is 14.9. The zero-order valence-electron chi connectivity index (χ0n) is 10.4. The van der Waals surface area contributed by atoms with Crippen molar-refractivity contribution < 1.29 is 32.6 Å². The van der Waals surface area contributed by atoms with E-state index in [1.807, 2.05) is 5.32 Å². The number of aliphatic hydroxyl groups is 1. The molecule has 0 bridgehead atoms. The highest BCUT2D eigenvalue weighted by Gasteiger charge is 2.38. The first kappa shape index (κ1) is 17.5. The summed E-state index contributed by atoms with van der Waals surface area (Å²) in [5, 5.41) is 12.8. The van der Waals surface area contributed by atoms with Crippen LogP contribution in [0.1, 0.15) is 19.3 Å². The lowest BCUT2D eigenvalue weighted by Crippen LogP contribution is -2.44. The second kappa shape index (κ2) is 8.57. The standard InChI is InChI=1S/C10H17F3N2O4/c1-19-8(17)4-2-3-5-14-9(18)15-6-7(16)10(11,12)13/h7,16H,2-6H2,1H3,(H2,14,15,18). The number of carbonyl (C=O) groups is 2. The van der Waals surface area contributed by atoms with E-state index in [-0.39, 0.29) is 18.9 Å². The summed E-state index contributed by atoms with van der Waals surface area (Å²) in [4.78, 5) is 21.8. The van der Waals surface area contributed by atoms with Gasteiger partial charge < -0.3 is 20.5 Å². The van der Waals surface area contributed by atoms with E-state index in [2.05, 4.69) is 10.1 Å². The molecule has 0 radical (unpaired) electrons. The van der Waals surface area contributed by atoms with Crippen molar-refractivity contribution in [2.45, 2.75) is 31.5 Å². The number of nitrogens with one attached hydrogen (secondary N) is 2. The summed E-state index contributed by atoms with van der Waals surface area (Å²) < 4.78 is 40.1. The molecule has 0 aromatic heterocycles. The number of esters is 1. The summed E-state index contributed by atoms with van der Waals surface area (Å²) in [5.41, 5.74) is 0. The van der Waals surface area contributed by atoms with E-state index in [0.717, 1.165) is 0 Å². The number of alkyl halides is 3.